The topological polar surface area (TPSA) is 74.0 Å². The predicted octanol–water partition coefficient (Wildman–Crippen LogP) is 2.94. The van der Waals surface area contributed by atoms with Crippen LogP contribution in [0.15, 0.2) is 46.5 Å². The first-order valence-electron chi connectivity index (χ1n) is 5.17. The van der Waals surface area contributed by atoms with E-state index in [0.29, 0.717) is 10.6 Å². The molecule has 0 aliphatic carbocycles. The molecular formula is C13H7FN2O2S. The van der Waals surface area contributed by atoms with Crippen molar-refractivity contribution in [1.82, 2.24) is 4.98 Å². The summed E-state index contributed by atoms with van der Waals surface area (Å²) in [6.45, 7) is 0. The van der Waals surface area contributed by atoms with Crippen molar-refractivity contribution in [2.45, 2.75) is 9.92 Å². The standard InChI is InChI=1S/C13H7FN2O2S/c14-10-4-3-8(13(17)18)6-11(10)19-12-9(7-15)2-1-5-16-12/h1-6H,(H,17,18). The molecule has 2 aromatic rings. The van der Waals surface area contributed by atoms with Crippen LogP contribution in [0.5, 0.6) is 0 Å². The fraction of sp³-hybridized carbons (Fsp3) is 0. The molecule has 0 spiro atoms. The van der Waals surface area contributed by atoms with Crippen molar-refractivity contribution in [3.05, 3.63) is 53.5 Å². The summed E-state index contributed by atoms with van der Waals surface area (Å²) >= 11 is 0.925. The van der Waals surface area contributed by atoms with Gasteiger partial charge in [0.05, 0.1) is 16.0 Å². The van der Waals surface area contributed by atoms with E-state index in [0.717, 1.165) is 17.8 Å². The highest BCUT2D eigenvalue weighted by molar-refractivity contribution is 7.99. The monoisotopic (exact) mass is 274 g/mol. The molecule has 0 fully saturated rings. The maximum absolute atomic E-state index is 13.6. The number of carbonyl (C=O) groups is 1. The highest BCUT2D eigenvalue weighted by atomic mass is 32.2. The van der Waals surface area contributed by atoms with E-state index < -0.39 is 11.8 Å². The summed E-state index contributed by atoms with van der Waals surface area (Å²) in [5, 5.41) is 18.1. The Morgan fingerprint density at radius 3 is 2.89 bits per heavy atom. The van der Waals surface area contributed by atoms with E-state index in [1.165, 1.54) is 18.3 Å². The Morgan fingerprint density at radius 1 is 1.42 bits per heavy atom. The summed E-state index contributed by atoms with van der Waals surface area (Å²) in [4.78, 5) is 14.9. The van der Waals surface area contributed by atoms with E-state index in [4.69, 9.17) is 10.4 Å². The van der Waals surface area contributed by atoms with Gasteiger partial charge in [0.1, 0.15) is 16.9 Å². The molecule has 4 nitrogen and oxygen atoms in total. The van der Waals surface area contributed by atoms with Crippen molar-refractivity contribution in [2.75, 3.05) is 0 Å². The molecule has 0 aliphatic heterocycles. The smallest absolute Gasteiger partial charge is 0.335 e. The number of aromatic carboxylic acids is 1. The Morgan fingerprint density at radius 2 is 2.21 bits per heavy atom. The Bertz CT molecular complexity index is 683. The molecule has 1 N–H and O–H groups in total. The molecule has 0 saturated heterocycles. The van der Waals surface area contributed by atoms with Gasteiger partial charge in [-0.2, -0.15) is 5.26 Å². The van der Waals surface area contributed by atoms with Gasteiger partial charge in [0.2, 0.25) is 0 Å². The first-order chi connectivity index (χ1) is 9.11. The molecule has 0 saturated carbocycles. The third-order valence-electron chi connectivity index (χ3n) is 2.28. The molecule has 0 radical (unpaired) electrons. The lowest BCUT2D eigenvalue weighted by Crippen LogP contribution is -1.97. The summed E-state index contributed by atoms with van der Waals surface area (Å²) in [6, 6.07) is 8.61. The van der Waals surface area contributed by atoms with Crippen LogP contribution in [0.3, 0.4) is 0 Å². The third-order valence-corrected chi connectivity index (χ3v) is 3.33. The highest BCUT2D eigenvalue weighted by Crippen LogP contribution is 2.31. The second-order valence-electron chi connectivity index (χ2n) is 3.52. The van der Waals surface area contributed by atoms with Crippen LogP contribution >= 0.6 is 11.8 Å². The van der Waals surface area contributed by atoms with Crippen LogP contribution in [-0.2, 0) is 0 Å². The number of nitriles is 1. The van der Waals surface area contributed by atoms with Crippen molar-refractivity contribution in [1.29, 1.82) is 5.26 Å². The van der Waals surface area contributed by atoms with Gasteiger partial charge in [0.15, 0.2) is 0 Å². The molecule has 6 heteroatoms. The quantitative estimate of drug-likeness (QED) is 0.931. The molecule has 0 bridgehead atoms. The average molecular weight is 274 g/mol. The van der Waals surface area contributed by atoms with Crippen LogP contribution in [-0.4, -0.2) is 16.1 Å². The Labute approximate surface area is 112 Å². The van der Waals surface area contributed by atoms with Gasteiger partial charge in [-0.1, -0.05) is 11.8 Å². The zero-order chi connectivity index (χ0) is 13.8. The number of hydrogen-bond acceptors (Lipinski definition) is 4. The summed E-state index contributed by atoms with van der Waals surface area (Å²) < 4.78 is 13.6. The lowest BCUT2D eigenvalue weighted by molar-refractivity contribution is 0.0696. The highest BCUT2D eigenvalue weighted by Gasteiger charge is 2.12. The van der Waals surface area contributed by atoms with E-state index in [-0.39, 0.29) is 10.5 Å². The Kier molecular flexibility index (Phi) is 3.78. The summed E-state index contributed by atoms with van der Waals surface area (Å²) in [5.74, 6) is -1.69. The van der Waals surface area contributed by atoms with Gasteiger partial charge in [-0.25, -0.2) is 14.2 Å². The number of halogens is 1. The minimum atomic E-state index is -1.14. The van der Waals surface area contributed by atoms with E-state index in [2.05, 4.69) is 4.98 Å². The van der Waals surface area contributed by atoms with Crippen molar-refractivity contribution in [3.63, 3.8) is 0 Å². The number of carboxylic acids is 1. The average Bonchev–Trinajstić information content (AvgIpc) is 2.41. The number of benzene rings is 1. The van der Waals surface area contributed by atoms with E-state index in [1.54, 1.807) is 12.1 Å². The number of aromatic nitrogens is 1. The van der Waals surface area contributed by atoms with Crippen molar-refractivity contribution in [3.8, 4) is 6.07 Å². The van der Waals surface area contributed by atoms with Crippen LogP contribution in [0.25, 0.3) is 0 Å². The second kappa shape index (κ2) is 5.50. The van der Waals surface area contributed by atoms with Gasteiger partial charge >= 0.3 is 5.97 Å². The molecule has 94 valence electrons. The molecule has 0 atom stereocenters. The van der Waals surface area contributed by atoms with Crippen molar-refractivity contribution >= 4 is 17.7 Å². The molecule has 1 heterocycles. The Hall–Kier alpha value is -2.39. The molecule has 1 aromatic heterocycles. The zero-order valence-electron chi connectivity index (χ0n) is 9.50. The van der Waals surface area contributed by atoms with Gasteiger partial charge in [-0.3, -0.25) is 0 Å². The molecule has 2 rings (SSSR count). The lowest BCUT2D eigenvalue weighted by atomic mass is 10.2. The van der Waals surface area contributed by atoms with Crippen LogP contribution in [0.4, 0.5) is 4.39 Å². The first-order valence-corrected chi connectivity index (χ1v) is 5.99. The van der Waals surface area contributed by atoms with Crippen LogP contribution in [0.1, 0.15) is 15.9 Å². The molecule has 0 aliphatic rings. The van der Waals surface area contributed by atoms with Gasteiger partial charge in [-0.15, -0.1) is 0 Å². The first kappa shape index (κ1) is 13.1. The lowest BCUT2D eigenvalue weighted by Gasteiger charge is -2.05. The number of hydrogen-bond donors (Lipinski definition) is 1. The fourth-order valence-corrected chi connectivity index (χ4v) is 2.27. The minimum Gasteiger partial charge on any atom is -0.478 e. The van der Waals surface area contributed by atoms with Crippen LogP contribution < -0.4 is 0 Å². The maximum Gasteiger partial charge on any atom is 0.335 e. The minimum absolute atomic E-state index is 0.0154. The van der Waals surface area contributed by atoms with E-state index >= 15 is 0 Å². The van der Waals surface area contributed by atoms with Gasteiger partial charge in [0.25, 0.3) is 0 Å². The summed E-state index contributed by atoms with van der Waals surface area (Å²) in [6.07, 6.45) is 1.49. The zero-order valence-corrected chi connectivity index (χ0v) is 10.3. The van der Waals surface area contributed by atoms with Gasteiger partial charge in [-0.05, 0) is 30.3 Å². The SMILES string of the molecule is N#Cc1cccnc1Sc1cc(C(=O)O)ccc1F. The maximum atomic E-state index is 13.6. The summed E-state index contributed by atoms with van der Waals surface area (Å²) in [5.41, 5.74) is 0.297. The molecule has 19 heavy (non-hydrogen) atoms. The largest absolute Gasteiger partial charge is 0.478 e. The van der Waals surface area contributed by atoms with Crippen molar-refractivity contribution in [2.24, 2.45) is 0 Å². The Balaban J connectivity index is 2.41. The predicted molar refractivity (Wildman–Crippen MR) is 66.4 cm³/mol. The second-order valence-corrected chi connectivity index (χ2v) is 4.55. The van der Waals surface area contributed by atoms with E-state index in [9.17, 15) is 9.18 Å². The third kappa shape index (κ3) is 2.89. The van der Waals surface area contributed by atoms with Crippen LogP contribution in [0.2, 0.25) is 0 Å². The molecule has 0 amide bonds. The van der Waals surface area contributed by atoms with Gasteiger partial charge in [0, 0.05) is 6.20 Å². The molecule has 0 unspecified atom stereocenters. The van der Waals surface area contributed by atoms with Crippen LogP contribution in [0, 0.1) is 17.1 Å². The van der Waals surface area contributed by atoms with E-state index in [1.807, 2.05) is 6.07 Å². The number of carboxylic acid groups (broad SMARTS) is 1. The fourth-order valence-electron chi connectivity index (χ4n) is 1.38. The summed E-state index contributed by atoms with van der Waals surface area (Å²) in [7, 11) is 0. The number of rotatable bonds is 3. The number of nitrogens with zero attached hydrogens (tertiary/aromatic N) is 2. The molecule has 1 aromatic carbocycles. The van der Waals surface area contributed by atoms with Crippen molar-refractivity contribution < 1.29 is 14.3 Å². The normalized spacial score (nSPS) is 9.89. The van der Waals surface area contributed by atoms with Gasteiger partial charge < -0.3 is 5.11 Å². The molecular weight excluding hydrogens is 267 g/mol. The number of pyridine rings is 1.